The predicted octanol–water partition coefficient (Wildman–Crippen LogP) is 5.00. The molecular formula is C21H27NO3. The minimum Gasteiger partial charge on any atom is -0.491 e. The number of hydrogen-bond donors (Lipinski definition) is 1. The van der Waals surface area contributed by atoms with Crippen molar-refractivity contribution >= 4 is 11.6 Å². The van der Waals surface area contributed by atoms with Crippen LogP contribution in [-0.4, -0.2) is 18.6 Å². The Labute approximate surface area is 150 Å². The smallest absolute Gasteiger partial charge is 0.262 e. The summed E-state index contributed by atoms with van der Waals surface area (Å²) in [4.78, 5) is 12.2. The highest BCUT2D eigenvalue weighted by atomic mass is 16.5. The van der Waals surface area contributed by atoms with Gasteiger partial charge in [0.1, 0.15) is 11.5 Å². The van der Waals surface area contributed by atoms with Crippen LogP contribution in [0.3, 0.4) is 0 Å². The fraction of sp³-hybridized carbons (Fsp3) is 0.381. The molecule has 2 rings (SSSR count). The van der Waals surface area contributed by atoms with Gasteiger partial charge in [-0.15, -0.1) is 0 Å². The van der Waals surface area contributed by atoms with E-state index in [9.17, 15) is 4.79 Å². The van der Waals surface area contributed by atoms with Crippen molar-refractivity contribution < 1.29 is 14.3 Å². The SMILES string of the molecule is CCC(C)Oc1cccc(NC(=O)COc2ccccc2C(C)C)c1. The summed E-state index contributed by atoms with van der Waals surface area (Å²) in [5.41, 5.74) is 1.80. The van der Waals surface area contributed by atoms with Gasteiger partial charge in [-0.1, -0.05) is 45.0 Å². The van der Waals surface area contributed by atoms with E-state index in [0.29, 0.717) is 11.6 Å². The van der Waals surface area contributed by atoms with E-state index in [-0.39, 0.29) is 18.6 Å². The van der Waals surface area contributed by atoms with Gasteiger partial charge in [-0.3, -0.25) is 4.79 Å². The van der Waals surface area contributed by atoms with Crippen LogP contribution in [0.2, 0.25) is 0 Å². The predicted molar refractivity (Wildman–Crippen MR) is 101 cm³/mol. The molecule has 0 aliphatic rings. The second kappa shape index (κ2) is 9.11. The Hall–Kier alpha value is -2.49. The van der Waals surface area contributed by atoms with E-state index in [2.05, 4.69) is 26.1 Å². The first-order valence-corrected chi connectivity index (χ1v) is 8.78. The zero-order valence-electron chi connectivity index (χ0n) is 15.4. The Morgan fingerprint density at radius 3 is 2.56 bits per heavy atom. The molecule has 2 aromatic carbocycles. The molecule has 0 saturated heterocycles. The minimum atomic E-state index is -0.195. The lowest BCUT2D eigenvalue weighted by atomic mass is 10.0. The quantitative estimate of drug-likeness (QED) is 0.734. The van der Waals surface area contributed by atoms with Crippen molar-refractivity contribution in [2.45, 2.75) is 46.1 Å². The molecule has 4 nitrogen and oxygen atoms in total. The van der Waals surface area contributed by atoms with Gasteiger partial charge >= 0.3 is 0 Å². The third kappa shape index (κ3) is 5.82. The molecular weight excluding hydrogens is 314 g/mol. The third-order valence-corrected chi connectivity index (χ3v) is 3.93. The number of rotatable bonds is 8. The molecule has 1 atom stereocenters. The van der Waals surface area contributed by atoms with Crippen molar-refractivity contribution in [3.63, 3.8) is 0 Å². The number of anilines is 1. The van der Waals surface area contributed by atoms with Crippen molar-refractivity contribution in [2.75, 3.05) is 11.9 Å². The fourth-order valence-corrected chi connectivity index (χ4v) is 2.39. The van der Waals surface area contributed by atoms with E-state index in [0.717, 1.165) is 23.5 Å². The Balaban J connectivity index is 1.94. The van der Waals surface area contributed by atoms with Gasteiger partial charge in [0, 0.05) is 11.8 Å². The van der Waals surface area contributed by atoms with Gasteiger partial charge in [0.25, 0.3) is 5.91 Å². The van der Waals surface area contributed by atoms with Crippen LogP contribution in [0.25, 0.3) is 0 Å². The molecule has 0 aliphatic carbocycles. The van der Waals surface area contributed by atoms with Crippen LogP contribution >= 0.6 is 0 Å². The summed E-state index contributed by atoms with van der Waals surface area (Å²) < 4.78 is 11.5. The lowest BCUT2D eigenvalue weighted by molar-refractivity contribution is -0.118. The molecule has 25 heavy (non-hydrogen) atoms. The number of nitrogens with one attached hydrogen (secondary N) is 1. The molecule has 0 aromatic heterocycles. The number of carbonyl (C=O) groups excluding carboxylic acids is 1. The molecule has 0 fully saturated rings. The van der Waals surface area contributed by atoms with E-state index >= 15 is 0 Å². The first-order valence-electron chi connectivity index (χ1n) is 8.78. The summed E-state index contributed by atoms with van der Waals surface area (Å²) in [5, 5.41) is 2.85. The summed E-state index contributed by atoms with van der Waals surface area (Å²) in [6, 6.07) is 15.2. The van der Waals surface area contributed by atoms with Gasteiger partial charge in [-0.05, 0) is 43.0 Å². The molecule has 0 aliphatic heterocycles. The molecule has 0 spiro atoms. The van der Waals surface area contributed by atoms with E-state index in [4.69, 9.17) is 9.47 Å². The Kier molecular flexibility index (Phi) is 6.87. The van der Waals surface area contributed by atoms with Crippen LogP contribution in [-0.2, 0) is 4.79 Å². The molecule has 0 radical (unpaired) electrons. The molecule has 134 valence electrons. The van der Waals surface area contributed by atoms with Crippen molar-refractivity contribution in [3.05, 3.63) is 54.1 Å². The molecule has 0 bridgehead atoms. The van der Waals surface area contributed by atoms with Crippen molar-refractivity contribution in [1.82, 2.24) is 0 Å². The summed E-state index contributed by atoms with van der Waals surface area (Å²) in [7, 11) is 0. The minimum absolute atomic E-state index is 0.0276. The topological polar surface area (TPSA) is 47.6 Å². The van der Waals surface area contributed by atoms with E-state index < -0.39 is 0 Å². The van der Waals surface area contributed by atoms with Crippen molar-refractivity contribution in [1.29, 1.82) is 0 Å². The van der Waals surface area contributed by atoms with Crippen LogP contribution in [0, 0.1) is 0 Å². The summed E-state index contributed by atoms with van der Waals surface area (Å²) in [6.45, 7) is 8.27. The van der Waals surface area contributed by atoms with Crippen LogP contribution in [0.5, 0.6) is 11.5 Å². The van der Waals surface area contributed by atoms with Crippen LogP contribution in [0.15, 0.2) is 48.5 Å². The van der Waals surface area contributed by atoms with Crippen LogP contribution < -0.4 is 14.8 Å². The lowest BCUT2D eigenvalue weighted by Gasteiger charge is -2.15. The van der Waals surface area contributed by atoms with E-state index in [1.807, 2.05) is 55.5 Å². The molecule has 0 saturated carbocycles. The molecule has 2 aromatic rings. The normalized spacial score (nSPS) is 11.9. The van der Waals surface area contributed by atoms with Crippen LogP contribution in [0.1, 0.15) is 45.6 Å². The first-order chi connectivity index (χ1) is 12.0. The number of carbonyl (C=O) groups is 1. The number of ether oxygens (including phenoxy) is 2. The Morgan fingerprint density at radius 2 is 1.84 bits per heavy atom. The van der Waals surface area contributed by atoms with E-state index in [1.165, 1.54) is 0 Å². The average Bonchev–Trinajstić information content (AvgIpc) is 2.60. The number of amides is 1. The standard InChI is InChI=1S/C21H27NO3/c1-5-16(4)25-18-10-8-9-17(13-18)22-21(23)14-24-20-12-7-6-11-19(20)15(2)3/h6-13,15-16H,5,14H2,1-4H3,(H,22,23). The second-order valence-electron chi connectivity index (χ2n) is 6.39. The summed E-state index contributed by atoms with van der Waals surface area (Å²) >= 11 is 0. The van der Waals surface area contributed by atoms with Gasteiger partial charge in [0.2, 0.25) is 0 Å². The molecule has 4 heteroatoms. The maximum atomic E-state index is 12.2. The van der Waals surface area contributed by atoms with Gasteiger partial charge in [0.15, 0.2) is 6.61 Å². The third-order valence-electron chi connectivity index (χ3n) is 3.93. The highest BCUT2D eigenvalue weighted by Gasteiger charge is 2.10. The Bertz CT molecular complexity index is 697. The van der Waals surface area contributed by atoms with Crippen molar-refractivity contribution in [3.8, 4) is 11.5 Å². The number of benzene rings is 2. The van der Waals surface area contributed by atoms with Gasteiger partial charge < -0.3 is 14.8 Å². The first kappa shape index (κ1) is 18.8. The lowest BCUT2D eigenvalue weighted by Crippen LogP contribution is -2.20. The molecule has 0 heterocycles. The molecule has 1 N–H and O–H groups in total. The largest absolute Gasteiger partial charge is 0.491 e. The molecule has 1 unspecified atom stereocenters. The van der Waals surface area contributed by atoms with Gasteiger partial charge in [0.05, 0.1) is 6.10 Å². The van der Waals surface area contributed by atoms with Gasteiger partial charge in [-0.2, -0.15) is 0 Å². The zero-order chi connectivity index (χ0) is 18.2. The maximum absolute atomic E-state index is 12.2. The monoisotopic (exact) mass is 341 g/mol. The molecule has 1 amide bonds. The fourth-order valence-electron chi connectivity index (χ4n) is 2.39. The van der Waals surface area contributed by atoms with Crippen molar-refractivity contribution in [2.24, 2.45) is 0 Å². The number of hydrogen-bond acceptors (Lipinski definition) is 3. The maximum Gasteiger partial charge on any atom is 0.262 e. The van der Waals surface area contributed by atoms with Crippen LogP contribution in [0.4, 0.5) is 5.69 Å². The highest BCUT2D eigenvalue weighted by Crippen LogP contribution is 2.26. The zero-order valence-corrected chi connectivity index (χ0v) is 15.4. The number of para-hydroxylation sites is 1. The van der Waals surface area contributed by atoms with Gasteiger partial charge in [-0.25, -0.2) is 0 Å². The summed E-state index contributed by atoms with van der Waals surface area (Å²) in [5.74, 6) is 1.65. The van der Waals surface area contributed by atoms with E-state index in [1.54, 1.807) is 0 Å². The average molecular weight is 341 g/mol. The highest BCUT2D eigenvalue weighted by molar-refractivity contribution is 5.92. The summed E-state index contributed by atoms with van der Waals surface area (Å²) in [6.07, 6.45) is 1.07. The second-order valence-corrected chi connectivity index (χ2v) is 6.39. The Morgan fingerprint density at radius 1 is 1.08 bits per heavy atom.